The van der Waals surface area contributed by atoms with E-state index >= 15 is 0 Å². The van der Waals surface area contributed by atoms with Crippen LogP contribution in [0.3, 0.4) is 0 Å². The van der Waals surface area contributed by atoms with Crippen molar-refractivity contribution in [1.29, 1.82) is 0 Å². The molecule has 0 aliphatic rings. The van der Waals surface area contributed by atoms with Crippen molar-refractivity contribution in [2.24, 2.45) is 0 Å². The molecule has 0 bridgehead atoms. The van der Waals surface area contributed by atoms with Crippen LogP contribution in [0.1, 0.15) is 51.9 Å². The first-order valence-electron chi connectivity index (χ1n) is 7.48. The van der Waals surface area contributed by atoms with E-state index in [0.717, 1.165) is 37.4 Å². The van der Waals surface area contributed by atoms with Crippen molar-refractivity contribution in [3.05, 3.63) is 48.6 Å². The van der Waals surface area contributed by atoms with Crippen molar-refractivity contribution in [2.45, 2.75) is 51.9 Å². The Morgan fingerprint density at radius 2 is 1.30 bits per heavy atom. The first kappa shape index (κ1) is 19.1. The van der Waals surface area contributed by atoms with Gasteiger partial charge in [-0.05, 0) is 32.1 Å². The summed E-state index contributed by atoms with van der Waals surface area (Å²) >= 11 is 3.27. The van der Waals surface area contributed by atoms with Gasteiger partial charge in [-0.3, -0.25) is 4.79 Å². The molecule has 0 amide bonds. The lowest BCUT2D eigenvalue weighted by Crippen LogP contribution is -1.96. The normalized spacial score (nSPS) is 12.5. The summed E-state index contributed by atoms with van der Waals surface area (Å²) in [6, 6.07) is 0. The summed E-state index contributed by atoms with van der Waals surface area (Å²) in [5.41, 5.74) is 0. The quantitative estimate of drug-likeness (QED) is 0.318. The van der Waals surface area contributed by atoms with Gasteiger partial charge in [0.15, 0.2) is 0 Å². The van der Waals surface area contributed by atoms with Gasteiger partial charge in [-0.2, -0.15) is 0 Å². The standard InChI is InChI=1S/C18H27BrO/c1-2-3-4-5-6-7-8-9-10-11-12-13-14-15-18(20)16-17-19/h3-4,6-7,9-10,12-13H,2,5,8,11,14-17H2,1H3. The van der Waals surface area contributed by atoms with Crippen molar-refractivity contribution in [3.63, 3.8) is 0 Å². The largest absolute Gasteiger partial charge is 0.300 e. The second-order valence-corrected chi connectivity index (χ2v) is 5.31. The molecule has 0 N–H and O–H groups in total. The topological polar surface area (TPSA) is 17.1 Å². The summed E-state index contributed by atoms with van der Waals surface area (Å²) < 4.78 is 0. The Bertz CT molecular complexity index is 337. The lowest BCUT2D eigenvalue weighted by Gasteiger charge is -1.93. The molecule has 0 rings (SSSR count). The maximum Gasteiger partial charge on any atom is 0.134 e. The van der Waals surface area contributed by atoms with E-state index in [4.69, 9.17) is 0 Å². The molecule has 0 aliphatic heterocycles. The SMILES string of the molecule is CCC=CCC=CCC=CCC=CCCC(=O)CCBr. The van der Waals surface area contributed by atoms with E-state index < -0.39 is 0 Å². The predicted molar refractivity (Wildman–Crippen MR) is 93.4 cm³/mol. The van der Waals surface area contributed by atoms with E-state index in [0.29, 0.717) is 18.6 Å². The predicted octanol–water partition coefficient (Wildman–Crippen LogP) is 5.93. The maximum atomic E-state index is 11.3. The third-order valence-electron chi connectivity index (χ3n) is 2.68. The Balaban J connectivity index is 3.47. The Morgan fingerprint density at radius 1 is 0.800 bits per heavy atom. The van der Waals surface area contributed by atoms with Crippen molar-refractivity contribution in [2.75, 3.05) is 5.33 Å². The number of carbonyl (C=O) groups is 1. The molecule has 1 nitrogen and oxygen atoms in total. The highest BCUT2D eigenvalue weighted by Gasteiger charge is 1.97. The fourth-order valence-electron chi connectivity index (χ4n) is 1.57. The van der Waals surface area contributed by atoms with Gasteiger partial charge in [-0.15, -0.1) is 0 Å². The molecule has 0 saturated heterocycles. The number of hydrogen-bond acceptors (Lipinski definition) is 1. The molecule has 0 atom stereocenters. The summed E-state index contributed by atoms with van der Waals surface area (Å²) in [5, 5.41) is 0.778. The second-order valence-electron chi connectivity index (χ2n) is 4.52. The molecule has 0 heterocycles. The van der Waals surface area contributed by atoms with E-state index in [1.165, 1.54) is 0 Å². The fraction of sp³-hybridized carbons (Fsp3) is 0.500. The molecule has 0 saturated carbocycles. The third kappa shape index (κ3) is 15.2. The van der Waals surface area contributed by atoms with Gasteiger partial charge in [0.1, 0.15) is 5.78 Å². The Labute approximate surface area is 132 Å². The molecule has 112 valence electrons. The first-order valence-corrected chi connectivity index (χ1v) is 8.61. The minimum atomic E-state index is 0.337. The highest BCUT2D eigenvalue weighted by Crippen LogP contribution is 2.00. The number of hydrogen-bond donors (Lipinski definition) is 0. The van der Waals surface area contributed by atoms with Gasteiger partial charge >= 0.3 is 0 Å². The summed E-state index contributed by atoms with van der Waals surface area (Å²) in [5.74, 6) is 0.337. The van der Waals surface area contributed by atoms with Crippen LogP contribution >= 0.6 is 15.9 Å². The molecule has 0 aromatic carbocycles. The Kier molecular flexibility index (Phi) is 15.4. The Morgan fingerprint density at radius 3 is 1.80 bits per heavy atom. The number of carbonyl (C=O) groups excluding carboxylic acids is 1. The van der Waals surface area contributed by atoms with Crippen LogP contribution in [0.25, 0.3) is 0 Å². The summed E-state index contributed by atoms with van der Waals surface area (Å²) in [6.45, 7) is 2.15. The molecular weight excluding hydrogens is 312 g/mol. The van der Waals surface area contributed by atoms with Gasteiger partial charge in [0.05, 0.1) is 0 Å². The fourth-order valence-corrected chi connectivity index (χ4v) is 2.01. The van der Waals surface area contributed by atoms with Gasteiger partial charge < -0.3 is 0 Å². The molecule has 0 aliphatic carbocycles. The maximum absolute atomic E-state index is 11.3. The molecule has 0 spiro atoms. The van der Waals surface area contributed by atoms with Gasteiger partial charge in [0.2, 0.25) is 0 Å². The van der Waals surface area contributed by atoms with E-state index in [9.17, 15) is 4.79 Å². The lowest BCUT2D eigenvalue weighted by molar-refractivity contribution is -0.118. The number of rotatable bonds is 12. The molecule has 2 heteroatoms. The second kappa shape index (κ2) is 16.2. The summed E-state index contributed by atoms with van der Waals surface area (Å²) in [6.07, 6.45) is 23.6. The van der Waals surface area contributed by atoms with Crippen LogP contribution in [-0.2, 0) is 4.79 Å². The number of alkyl halides is 1. The highest BCUT2D eigenvalue weighted by molar-refractivity contribution is 9.09. The molecule has 0 radical (unpaired) electrons. The lowest BCUT2D eigenvalue weighted by atomic mass is 10.1. The van der Waals surface area contributed by atoms with Crippen molar-refractivity contribution < 1.29 is 4.79 Å². The molecule has 0 fully saturated rings. The summed E-state index contributed by atoms with van der Waals surface area (Å²) in [7, 11) is 0. The van der Waals surface area contributed by atoms with Crippen LogP contribution in [0.5, 0.6) is 0 Å². The van der Waals surface area contributed by atoms with Gasteiger partial charge in [0.25, 0.3) is 0 Å². The Hall–Kier alpha value is -0.890. The van der Waals surface area contributed by atoms with Crippen molar-refractivity contribution in [1.82, 2.24) is 0 Å². The monoisotopic (exact) mass is 338 g/mol. The first-order chi connectivity index (χ1) is 9.81. The van der Waals surface area contributed by atoms with Crippen molar-refractivity contribution in [3.8, 4) is 0 Å². The average Bonchev–Trinajstić information content (AvgIpc) is 2.44. The molecular formula is C18H27BrO. The number of halogens is 1. The number of ketones is 1. The zero-order valence-corrected chi connectivity index (χ0v) is 14.1. The smallest absolute Gasteiger partial charge is 0.134 e. The minimum Gasteiger partial charge on any atom is -0.300 e. The molecule has 0 aromatic rings. The minimum absolute atomic E-state index is 0.337. The van der Waals surface area contributed by atoms with Crippen LogP contribution in [0.4, 0.5) is 0 Å². The zero-order chi connectivity index (χ0) is 14.9. The average molecular weight is 339 g/mol. The van der Waals surface area contributed by atoms with E-state index in [2.05, 4.69) is 71.5 Å². The van der Waals surface area contributed by atoms with Gasteiger partial charge in [-0.25, -0.2) is 0 Å². The van der Waals surface area contributed by atoms with Gasteiger partial charge in [-0.1, -0.05) is 71.5 Å². The number of Topliss-reactive ketones (excluding diaryl/α,β-unsaturated/α-hetero) is 1. The summed E-state index contributed by atoms with van der Waals surface area (Å²) in [4.78, 5) is 11.3. The molecule has 0 aromatic heterocycles. The van der Waals surface area contributed by atoms with Crippen LogP contribution in [0, 0.1) is 0 Å². The highest BCUT2D eigenvalue weighted by atomic mass is 79.9. The number of allylic oxidation sites excluding steroid dienone is 8. The zero-order valence-electron chi connectivity index (χ0n) is 12.6. The van der Waals surface area contributed by atoms with Crippen molar-refractivity contribution >= 4 is 21.7 Å². The van der Waals surface area contributed by atoms with Crippen LogP contribution < -0.4 is 0 Å². The van der Waals surface area contributed by atoms with E-state index in [1.54, 1.807) is 0 Å². The van der Waals surface area contributed by atoms with E-state index in [1.807, 2.05) is 0 Å². The van der Waals surface area contributed by atoms with Crippen LogP contribution in [0.15, 0.2) is 48.6 Å². The molecule has 0 unspecified atom stereocenters. The molecule has 20 heavy (non-hydrogen) atoms. The van der Waals surface area contributed by atoms with Crippen LogP contribution in [0.2, 0.25) is 0 Å². The van der Waals surface area contributed by atoms with Gasteiger partial charge in [0, 0.05) is 18.2 Å². The van der Waals surface area contributed by atoms with Crippen LogP contribution in [-0.4, -0.2) is 11.1 Å². The van der Waals surface area contributed by atoms with E-state index in [-0.39, 0.29) is 0 Å². The third-order valence-corrected chi connectivity index (χ3v) is 3.08.